The number of guanidine groups is 1. The zero-order valence-corrected chi connectivity index (χ0v) is 17.3. The number of carbonyl (C=O) groups excluding carboxylic acids is 1. The first-order valence-electron chi connectivity index (χ1n) is 8.27. The number of hydrogen-bond donors (Lipinski definition) is 3. The van der Waals surface area contributed by atoms with Crippen molar-refractivity contribution in [2.75, 3.05) is 20.1 Å². The number of amides is 1. The van der Waals surface area contributed by atoms with Crippen molar-refractivity contribution in [2.45, 2.75) is 13.0 Å². The quantitative estimate of drug-likeness (QED) is 0.319. The fourth-order valence-corrected chi connectivity index (χ4v) is 2.30. The Morgan fingerprint density at radius 1 is 1.04 bits per heavy atom. The summed E-state index contributed by atoms with van der Waals surface area (Å²) in [6.45, 7) is 0.615. The second-order valence-corrected chi connectivity index (χ2v) is 5.60. The zero-order chi connectivity index (χ0) is 18.8. The van der Waals surface area contributed by atoms with Gasteiger partial charge >= 0.3 is 0 Å². The maximum Gasteiger partial charge on any atom is 0.239 e. The molecule has 0 saturated carbocycles. The molecule has 0 radical (unpaired) electrons. The van der Waals surface area contributed by atoms with E-state index in [1.165, 1.54) is 7.05 Å². The van der Waals surface area contributed by atoms with Gasteiger partial charge in [-0.05, 0) is 30.2 Å². The lowest BCUT2D eigenvalue weighted by molar-refractivity contribution is -0.119. The predicted octanol–water partition coefficient (Wildman–Crippen LogP) is 2.61. The van der Waals surface area contributed by atoms with Crippen molar-refractivity contribution in [2.24, 2.45) is 4.99 Å². The summed E-state index contributed by atoms with van der Waals surface area (Å²) in [4.78, 5) is 15.8. The van der Waals surface area contributed by atoms with Crippen molar-refractivity contribution in [1.82, 2.24) is 16.0 Å². The van der Waals surface area contributed by atoms with Gasteiger partial charge in [-0.3, -0.25) is 9.79 Å². The first-order valence-corrected chi connectivity index (χ1v) is 8.27. The molecule has 8 heteroatoms. The van der Waals surface area contributed by atoms with Gasteiger partial charge in [-0.15, -0.1) is 24.0 Å². The molecule has 0 bridgehead atoms. The summed E-state index contributed by atoms with van der Waals surface area (Å²) in [6.07, 6.45) is 0.748. The summed E-state index contributed by atoms with van der Waals surface area (Å²) in [7, 11) is 1.53. The minimum Gasteiger partial charge on any atom is -0.354 e. The van der Waals surface area contributed by atoms with Gasteiger partial charge in [0.2, 0.25) is 5.91 Å². The molecular weight excluding hydrogens is 465 g/mol. The lowest BCUT2D eigenvalue weighted by Gasteiger charge is -2.12. The lowest BCUT2D eigenvalue weighted by atomic mass is 10.1. The second-order valence-electron chi connectivity index (χ2n) is 5.60. The van der Waals surface area contributed by atoms with Crippen LogP contribution >= 0.6 is 24.0 Å². The number of aliphatic imine (C=N–C) groups is 1. The molecule has 0 fully saturated rings. The van der Waals surface area contributed by atoms with E-state index in [1.807, 2.05) is 30.3 Å². The van der Waals surface area contributed by atoms with Crippen molar-refractivity contribution in [1.29, 1.82) is 0 Å². The van der Waals surface area contributed by atoms with Crippen molar-refractivity contribution in [3.8, 4) is 0 Å². The van der Waals surface area contributed by atoms with E-state index >= 15 is 0 Å². The summed E-state index contributed by atoms with van der Waals surface area (Å²) >= 11 is 0. The molecule has 146 valence electrons. The number of benzene rings is 2. The predicted molar refractivity (Wildman–Crippen MR) is 113 cm³/mol. The van der Waals surface area contributed by atoms with Gasteiger partial charge in [-0.1, -0.05) is 30.3 Å². The molecule has 3 N–H and O–H groups in total. The summed E-state index contributed by atoms with van der Waals surface area (Å²) in [5.74, 6) is -0.871. The number of rotatable bonds is 7. The largest absolute Gasteiger partial charge is 0.354 e. The monoisotopic (exact) mass is 488 g/mol. The van der Waals surface area contributed by atoms with Crippen molar-refractivity contribution < 1.29 is 13.6 Å². The molecule has 0 unspecified atom stereocenters. The Bertz CT molecular complexity index is 757. The fraction of sp³-hybridized carbons (Fsp3) is 0.263. The van der Waals surface area contributed by atoms with E-state index in [1.54, 1.807) is 0 Å². The van der Waals surface area contributed by atoms with E-state index in [4.69, 9.17) is 0 Å². The van der Waals surface area contributed by atoms with Gasteiger partial charge in [0, 0.05) is 25.7 Å². The van der Waals surface area contributed by atoms with Crippen LogP contribution in [0.4, 0.5) is 8.78 Å². The Morgan fingerprint density at radius 3 is 2.48 bits per heavy atom. The van der Waals surface area contributed by atoms with Crippen LogP contribution in [-0.2, 0) is 17.8 Å². The Labute approximate surface area is 174 Å². The van der Waals surface area contributed by atoms with E-state index < -0.39 is 11.6 Å². The van der Waals surface area contributed by atoms with Crippen LogP contribution < -0.4 is 16.0 Å². The molecule has 2 aromatic rings. The first kappa shape index (κ1) is 22.8. The van der Waals surface area contributed by atoms with E-state index in [2.05, 4.69) is 20.9 Å². The van der Waals surface area contributed by atoms with Gasteiger partial charge in [0.15, 0.2) is 5.96 Å². The smallest absolute Gasteiger partial charge is 0.239 e. The number of carbonyl (C=O) groups is 1. The highest BCUT2D eigenvalue weighted by molar-refractivity contribution is 14.0. The van der Waals surface area contributed by atoms with Gasteiger partial charge in [-0.2, -0.15) is 0 Å². The number of halogens is 3. The van der Waals surface area contributed by atoms with Crippen LogP contribution in [0.2, 0.25) is 0 Å². The van der Waals surface area contributed by atoms with E-state index in [0.717, 1.165) is 30.2 Å². The molecule has 27 heavy (non-hydrogen) atoms. The molecule has 0 saturated heterocycles. The molecule has 2 rings (SSSR count). The van der Waals surface area contributed by atoms with Crippen molar-refractivity contribution in [3.05, 3.63) is 71.3 Å². The van der Waals surface area contributed by atoms with Gasteiger partial charge in [0.25, 0.3) is 0 Å². The van der Waals surface area contributed by atoms with Crippen LogP contribution in [0.5, 0.6) is 0 Å². The molecule has 0 aromatic heterocycles. The highest BCUT2D eigenvalue weighted by Crippen LogP contribution is 2.08. The highest BCUT2D eigenvalue weighted by atomic mass is 127. The molecule has 0 spiro atoms. The Morgan fingerprint density at radius 2 is 1.78 bits per heavy atom. The van der Waals surface area contributed by atoms with E-state index in [9.17, 15) is 13.6 Å². The summed E-state index contributed by atoms with van der Waals surface area (Å²) in [6, 6.07) is 13.1. The van der Waals surface area contributed by atoms with Crippen LogP contribution in [0.15, 0.2) is 53.5 Å². The maximum absolute atomic E-state index is 13.6. The second kappa shape index (κ2) is 12.2. The van der Waals surface area contributed by atoms with Crippen LogP contribution in [0, 0.1) is 11.6 Å². The average molecular weight is 488 g/mol. The molecular formula is C19H23F2IN4O. The molecule has 0 aliphatic heterocycles. The molecule has 2 aromatic carbocycles. The summed E-state index contributed by atoms with van der Waals surface area (Å²) in [5.41, 5.74) is 1.33. The van der Waals surface area contributed by atoms with Crippen LogP contribution in [0.1, 0.15) is 11.1 Å². The molecule has 0 aliphatic rings. The summed E-state index contributed by atoms with van der Waals surface area (Å²) < 4.78 is 26.7. The van der Waals surface area contributed by atoms with Crippen molar-refractivity contribution in [3.63, 3.8) is 0 Å². The normalized spacial score (nSPS) is 10.7. The Kier molecular flexibility index (Phi) is 10.3. The average Bonchev–Trinajstić information content (AvgIpc) is 2.65. The minimum atomic E-state index is -0.510. The minimum absolute atomic E-state index is 0. The third-order valence-electron chi connectivity index (χ3n) is 3.67. The number of nitrogens with one attached hydrogen (secondary N) is 3. The fourth-order valence-electron chi connectivity index (χ4n) is 2.30. The van der Waals surface area contributed by atoms with E-state index in [0.29, 0.717) is 12.5 Å². The van der Waals surface area contributed by atoms with Crippen LogP contribution in [-0.4, -0.2) is 32.0 Å². The molecule has 0 aliphatic carbocycles. The first-order chi connectivity index (χ1) is 12.6. The topological polar surface area (TPSA) is 65.5 Å². The van der Waals surface area contributed by atoms with Gasteiger partial charge < -0.3 is 16.0 Å². The van der Waals surface area contributed by atoms with Crippen LogP contribution in [0.3, 0.4) is 0 Å². The Balaban J connectivity index is 0.00000364. The van der Waals surface area contributed by atoms with Gasteiger partial charge in [0.1, 0.15) is 11.6 Å². The summed E-state index contributed by atoms with van der Waals surface area (Å²) in [5, 5.41) is 8.48. The molecule has 5 nitrogen and oxygen atoms in total. The van der Waals surface area contributed by atoms with E-state index in [-0.39, 0.29) is 48.5 Å². The molecule has 0 atom stereocenters. The van der Waals surface area contributed by atoms with Crippen LogP contribution in [0.25, 0.3) is 0 Å². The SMILES string of the molecule is CN=C(NCC(=O)NCCc1ccccc1)NCc1cc(F)ccc1F.I. The van der Waals surface area contributed by atoms with Gasteiger partial charge in [0.05, 0.1) is 6.54 Å². The maximum atomic E-state index is 13.6. The zero-order valence-electron chi connectivity index (χ0n) is 15.0. The van der Waals surface area contributed by atoms with Gasteiger partial charge in [-0.25, -0.2) is 8.78 Å². The Hall–Kier alpha value is -2.23. The molecule has 1 amide bonds. The molecule has 0 heterocycles. The van der Waals surface area contributed by atoms with Crippen molar-refractivity contribution >= 4 is 35.8 Å². The standard InChI is InChI=1S/C19H22F2N4O.HI/c1-22-19(24-12-15-11-16(20)7-8-17(15)21)25-13-18(26)23-10-9-14-5-3-2-4-6-14;/h2-8,11H,9-10,12-13H2,1H3,(H,23,26)(H2,22,24,25);1H. The number of nitrogens with zero attached hydrogens (tertiary/aromatic N) is 1. The highest BCUT2D eigenvalue weighted by Gasteiger charge is 2.07. The third-order valence-corrected chi connectivity index (χ3v) is 3.67. The number of hydrogen-bond acceptors (Lipinski definition) is 2. The lowest BCUT2D eigenvalue weighted by Crippen LogP contribution is -2.43. The third kappa shape index (κ3) is 8.33.